The van der Waals surface area contributed by atoms with Gasteiger partial charge in [0.2, 0.25) is 15.9 Å². The van der Waals surface area contributed by atoms with E-state index in [2.05, 4.69) is 0 Å². The number of benzene rings is 1. The van der Waals surface area contributed by atoms with Gasteiger partial charge in [-0.05, 0) is 18.2 Å². The molecule has 0 aliphatic carbocycles. The lowest BCUT2D eigenvalue weighted by Gasteiger charge is -2.34. The molecule has 0 radical (unpaired) electrons. The summed E-state index contributed by atoms with van der Waals surface area (Å²) in [5, 5.41) is 0.329. The number of carbonyl (C=O) groups is 3. The van der Waals surface area contributed by atoms with Crippen molar-refractivity contribution in [1.82, 2.24) is 19.0 Å². The molecule has 1 aromatic carbocycles. The Hall–Kier alpha value is -2.17. The Kier molecular flexibility index (Phi) is 5.41. The van der Waals surface area contributed by atoms with Crippen LogP contribution in [0.1, 0.15) is 0 Å². The highest BCUT2D eigenvalue weighted by molar-refractivity contribution is 7.89. The molecule has 0 bridgehead atoms. The van der Waals surface area contributed by atoms with Crippen molar-refractivity contribution in [2.75, 3.05) is 46.3 Å². The summed E-state index contributed by atoms with van der Waals surface area (Å²) in [5.74, 6) is -0.801. The Morgan fingerprint density at radius 3 is 2.37 bits per heavy atom. The average molecular weight is 415 g/mol. The van der Waals surface area contributed by atoms with Crippen LogP contribution in [-0.4, -0.2) is 91.6 Å². The number of hydrogen-bond acceptors (Lipinski definition) is 5. The summed E-state index contributed by atoms with van der Waals surface area (Å²) >= 11 is 5.87. The Morgan fingerprint density at radius 2 is 1.81 bits per heavy atom. The predicted octanol–water partition coefficient (Wildman–Crippen LogP) is 0.0669. The van der Waals surface area contributed by atoms with Crippen molar-refractivity contribution in [3.05, 3.63) is 29.3 Å². The van der Waals surface area contributed by atoms with Gasteiger partial charge < -0.3 is 9.80 Å². The third kappa shape index (κ3) is 3.92. The molecule has 2 heterocycles. The molecule has 2 saturated heterocycles. The Morgan fingerprint density at radius 1 is 1.15 bits per heavy atom. The monoisotopic (exact) mass is 414 g/mol. The third-order valence-corrected chi connectivity index (χ3v) is 6.68. The number of sulfonamides is 1. The zero-order valence-corrected chi connectivity index (χ0v) is 16.2. The second kappa shape index (κ2) is 7.45. The first-order chi connectivity index (χ1) is 12.7. The van der Waals surface area contributed by atoms with Crippen LogP contribution >= 0.6 is 11.6 Å². The summed E-state index contributed by atoms with van der Waals surface area (Å²) in [6.07, 6.45) is 0. The molecule has 0 spiro atoms. The van der Waals surface area contributed by atoms with Gasteiger partial charge in [0.1, 0.15) is 13.1 Å². The molecule has 11 heteroatoms. The van der Waals surface area contributed by atoms with E-state index in [1.807, 2.05) is 0 Å². The Labute approximate surface area is 162 Å². The SMILES string of the molecule is CN1CC(=O)N(CC(=O)N2CCN(S(=O)(=O)c3cccc(Cl)c3)CC2)C1=O. The van der Waals surface area contributed by atoms with Crippen molar-refractivity contribution in [1.29, 1.82) is 0 Å². The fraction of sp³-hybridized carbons (Fsp3) is 0.438. The van der Waals surface area contributed by atoms with Gasteiger partial charge in [0.05, 0.1) is 4.90 Å². The lowest BCUT2D eigenvalue weighted by Crippen LogP contribution is -2.53. The number of likely N-dealkylation sites (N-methyl/N-ethyl adjacent to an activating group) is 1. The van der Waals surface area contributed by atoms with E-state index >= 15 is 0 Å². The van der Waals surface area contributed by atoms with Crippen LogP contribution in [0.3, 0.4) is 0 Å². The van der Waals surface area contributed by atoms with Gasteiger partial charge in [-0.15, -0.1) is 0 Å². The summed E-state index contributed by atoms with van der Waals surface area (Å²) in [5.41, 5.74) is 0. The molecule has 1 aromatic rings. The maximum Gasteiger partial charge on any atom is 0.327 e. The second-order valence-corrected chi connectivity index (χ2v) is 8.74. The predicted molar refractivity (Wildman–Crippen MR) is 96.5 cm³/mol. The van der Waals surface area contributed by atoms with Crippen LogP contribution in [0.4, 0.5) is 4.79 Å². The van der Waals surface area contributed by atoms with Gasteiger partial charge in [0.15, 0.2) is 0 Å². The molecule has 0 N–H and O–H groups in total. The first kappa shape index (κ1) is 19.6. The number of hydrogen-bond donors (Lipinski definition) is 0. The number of halogens is 1. The van der Waals surface area contributed by atoms with E-state index in [1.54, 1.807) is 12.1 Å². The minimum absolute atomic E-state index is 0.0439. The van der Waals surface area contributed by atoms with E-state index in [4.69, 9.17) is 11.6 Å². The minimum Gasteiger partial charge on any atom is -0.338 e. The normalized spacial score (nSPS) is 19.1. The summed E-state index contributed by atoms with van der Waals surface area (Å²) in [6, 6.07) is 5.51. The zero-order valence-electron chi connectivity index (χ0n) is 14.7. The fourth-order valence-electron chi connectivity index (χ4n) is 3.01. The van der Waals surface area contributed by atoms with Crippen LogP contribution in [0.15, 0.2) is 29.2 Å². The van der Waals surface area contributed by atoms with Crippen molar-refractivity contribution < 1.29 is 22.8 Å². The van der Waals surface area contributed by atoms with Crippen LogP contribution in [0.25, 0.3) is 0 Å². The number of rotatable bonds is 4. The summed E-state index contributed by atoms with van der Waals surface area (Å²) in [4.78, 5) is 39.8. The van der Waals surface area contributed by atoms with Gasteiger partial charge in [0.25, 0.3) is 5.91 Å². The van der Waals surface area contributed by atoms with Crippen LogP contribution < -0.4 is 0 Å². The number of urea groups is 1. The highest BCUT2D eigenvalue weighted by Gasteiger charge is 2.37. The van der Waals surface area contributed by atoms with Gasteiger partial charge in [-0.2, -0.15) is 4.31 Å². The van der Waals surface area contributed by atoms with Crippen molar-refractivity contribution in [2.45, 2.75) is 4.90 Å². The van der Waals surface area contributed by atoms with Crippen LogP contribution in [-0.2, 0) is 19.6 Å². The van der Waals surface area contributed by atoms with Crippen molar-refractivity contribution in [3.8, 4) is 0 Å². The number of piperazine rings is 1. The molecule has 2 aliphatic heterocycles. The minimum atomic E-state index is -3.70. The van der Waals surface area contributed by atoms with Gasteiger partial charge in [-0.3, -0.25) is 14.5 Å². The number of amides is 4. The van der Waals surface area contributed by atoms with Gasteiger partial charge >= 0.3 is 6.03 Å². The second-order valence-electron chi connectivity index (χ2n) is 6.36. The molecular weight excluding hydrogens is 396 g/mol. The smallest absolute Gasteiger partial charge is 0.327 e. The van der Waals surface area contributed by atoms with Crippen molar-refractivity contribution in [2.24, 2.45) is 0 Å². The molecule has 3 rings (SSSR count). The quantitative estimate of drug-likeness (QED) is 0.649. The molecule has 0 saturated carbocycles. The summed E-state index contributed by atoms with van der Waals surface area (Å²) in [6.45, 7) is 0.251. The van der Waals surface area contributed by atoms with E-state index in [0.717, 1.165) is 4.90 Å². The van der Waals surface area contributed by atoms with E-state index in [9.17, 15) is 22.8 Å². The van der Waals surface area contributed by atoms with E-state index in [0.29, 0.717) is 5.02 Å². The van der Waals surface area contributed by atoms with Crippen LogP contribution in [0.5, 0.6) is 0 Å². The van der Waals surface area contributed by atoms with Crippen LogP contribution in [0, 0.1) is 0 Å². The topological polar surface area (TPSA) is 98.3 Å². The first-order valence-electron chi connectivity index (χ1n) is 8.29. The molecule has 2 aliphatic rings. The highest BCUT2D eigenvalue weighted by Crippen LogP contribution is 2.21. The standard InChI is InChI=1S/C16H19ClN4O5S/c1-18-10-15(23)21(16(18)24)11-14(22)19-5-7-20(8-6-19)27(25,26)13-4-2-3-12(17)9-13/h2-4,9H,5-8,10-11H2,1H3. The van der Waals surface area contributed by atoms with Crippen molar-refractivity contribution >= 4 is 39.5 Å². The van der Waals surface area contributed by atoms with Gasteiger partial charge in [0, 0.05) is 38.2 Å². The molecule has 0 unspecified atom stereocenters. The average Bonchev–Trinajstić information content (AvgIpc) is 2.88. The molecule has 4 amide bonds. The number of imide groups is 1. The Balaban J connectivity index is 1.61. The van der Waals surface area contributed by atoms with E-state index in [1.165, 1.54) is 33.3 Å². The summed E-state index contributed by atoms with van der Waals surface area (Å²) in [7, 11) is -2.21. The van der Waals surface area contributed by atoms with Crippen molar-refractivity contribution in [3.63, 3.8) is 0 Å². The molecule has 0 aromatic heterocycles. The first-order valence-corrected chi connectivity index (χ1v) is 10.1. The molecule has 0 atom stereocenters. The maximum atomic E-state index is 12.7. The lowest BCUT2D eigenvalue weighted by molar-refractivity contribution is -0.137. The fourth-order valence-corrected chi connectivity index (χ4v) is 4.74. The molecule has 146 valence electrons. The third-order valence-electron chi connectivity index (χ3n) is 4.55. The largest absolute Gasteiger partial charge is 0.338 e. The highest BCUT2D eigenvalue weighted by atomic mass is 35.5. The molecule has 27 heavy (non-hydrogen) atoms. The number of nitrogens with zero attached hydrogens (tertiary/aromatic N) is 4. The van der Waals surface area contributed by atoms with E-state index in [-0.39, 0.29) is 50.1 Å². The maximum absolute atomic E-state index is 12.7. The molecule has 2 fully saturated rings. The summed E-state index contributed by atoms with van der Waals surface area (Å²) < 4.78 is 26.6. The lowest BCUT2D eigenvalue weighted by atomic mass is 10.3. The Bertz CT molecular complexity index is 883. The zero-order chi connectivity index (χ0) is 19.8. The number of carbonyl (C=O) groups excluding carboxylic acids is 3. The van der Waals surface area contributed by atoms with Gasteiger partial charge in [-0.1, -0.05) is 17.7 Å². The molecular formula is C16H19ClN4O5S. The molecule has 9 nitrogen and oxygen atoms in total. The van der Waals surface area contributed by atoms with E-state index < -0.39 is 22.0 Å². The van der Waals surface area contributed by atoms with Gasteiger partial charge in [-0.25, -0.2) is 13.2 Å². The van der Waals surface area contributed by atoms with Crippen LogP contribution in [0.2, 0.25) is 5.02 Å².